The van der Waals surface area contributed by atoms with Crippen LogP contribution in [0.3, 0.4) is 0 Å². The van der Waals surface area contributed by atoms with Crippen molar-refractivity contribution in [3.63, 3.8) is 0 Å². The minimum atomic E-state index is -0.270. The number of hydrogen-bond donors (Lipinski definition) is 0. The summed E-state index contributed by atoms with van der Waals surface area (Å²) >= 11 is 0. The lowest BCUT2D eigenvalue weighted by Gasteiger charge is -2.47. The molecule has 0 unspecified atom stereocenters. The van der Waals surface area contributed by atoms with Crippen molar-refractivity contribution in [2.75, 3.05) is 4.90 Å². The van der Waals surface area contributed by atoms with E-state index in [9.17, 15) is 10.5 Å². The predicted octanol–water partition coefficient (Wildman–Crippen LogP) is 9.21. The standard InChI is InChI=1S/C43H39BN4/c1-41(2,3)28-20-26(24-45)38-30(22-28)31-23-29(42(4,5)6)21-27(25-46)39(31)48(38)44-34-16-10-12-19-37(34)47-36-18-11-9-14-32(36)43(7,8)33-15-13-17-35(44)40(33)47/h9-23H,1-8H3. The highest BCUT2D eigenvalue weighted by Crippen LogP contribution is 2.52. The fraction of sp³-hybridized carbons (Fsp3) is 0.256. The van der Waals surface area contributed by atoms with Crippen molar-refractivity contribution in [1.82, 2.24) is 4.48 Å². The summed E-state index contributed by atoms with van der Waals surface area (Å²) in [5.41, 5.74) is 13.0. The zero-order valence-corrected chi connectivity index (χ0v) is 29.0. The van der Waals surface area contributed by atoms with Gasteiger partial charge in [-0.05, 0) is 80.4 Å². The van der Waals surface area contributed by atoms with E-state index in [0.29, 0.717) is 11.1 Å². The topological polar surface area (TPSA) is 55.8 Å². The lowest BCUT2D eigenvalue weighted by atomic mass is 9.46. The van der Waals surface area contributed by atoms with Crippen molar-refractivity contribution in [1.29, 1.82) is 10.5 Å². The molecular weight excluding hydrogens is 583 g/mol. The second kappa shape index (κ2) is 9.88. The highest BCUT2D eigenvalue weighted by molar-refractivity contribution is 6.88. The number of aromatic nitrogens is 1. The van der Waals surface area contributed by atoms with E-state index in [2.05, 4.69) is 168 Å². The number of benzene rings is 5. The van der Waals surface area contributed by atoms with Gasteiger partial charge in [-0.2, -0.15) is 10.5 Å². The van der Waals surface area contributed by atoms with E-state index >= 15 is 0 Å². The van der Waals surface area contributed by atoms with Gasteiger partial charge in [-0.3, -0.25) is 0 Å². The van der Waals surface area contributed by atoms with E-state index in [0.717, 1.165) is 44.1 Å². The fourth-order valence-electron chi connectivity index (χ4n) is 8.22. The van der Waals surface area contributed by atoms with Crippen LogP contribution in [0.1, 0.15) is 88.8 Å². The van der Waals surface area contributed by atoms with Crippen molar-refractivity contribution in [3.05, 3.63) is 124 Å². The minimum absolute atomic E-state index is 0.163. The summed E-state index contributed by atoms with van der Waals surface area (Å²) < 4.78 is 2.33. The highest BCUT2D eigenvalue weighted by Gasteiger charge is 2.45. The summed E-state index contributed by atoms with van der Waals surface area (Å²) in [5, 5.41) is 23.7. The maximum atomic E-state index is 10.8. The molecule has 0 spiro atoms. The molecule has 0 amide bonds. The quantitative estimate of drug-likeness (QED) is 0.172. The summed E-state index contributed by atoms with van der Waals surface area (Å²) in [6.07, 6.45) is 0. The molecule has 2 aliphatic heterocycles. The molecule has 8 rings (SSSR count). The minimum Gasteiger partial charge on any atom is -0.374 e. The first kappa shape index (κ1) is 30.1. The molecule has 1 aromatic heterocycles. The molecule has 6 aromatic rings. The van der Waals surface area contributed by atoms with Gasteiger partial charge in [0.25, 0.3) is 0 Å². The molecule has 0 N–H and O–H groups in total. The molecule has 0 radical (unpaired) electrons. The van der Waals surface area contributed by atoms with Gasteiger partial charge in [-0.15, -0.1) is 0 Å². The van der Waals surface area contributed by atoms with Gasteiger partial charge in [0.15, 0.2) is 0 Å². The number of rotatable bonds is 1. The Morgan fingerprint density at radius 2 is 1.10 bits per heavy atom. The van der Waals surface area contributed by atoms with Crippen LogP contribution in [0.25, 0.3) is 21.8 Å². The van der Waals surface area contributed by atoms with E-state index in [1.54, 1.807) is 0 Å². The van der Waals surface area contributed by atoms with Gasteiger partial charge in [0.05, 0.1) is 27.8 Å². The van der Waals surface area contributed by atoms with Crippen LogP contribution in [0.5, 0.6) is 0 Å². The van der Waals surface area contributed by atoms with Crippen molar-refractivity contribution >= 4 is 56.6 Å². The van der Waals surface area contributed by atoms with E-state index in [1.807, 2.05) is 0 Å². The van der Waals surface area contributed by atoms with Gasteiger partial charge in [-0.25, -0.2) is 0 Å². The molecule has 48 heavy (non-hydrogen) atoms. The number of fused-ring (bicyclic) bond motifs is 7. The SMILES string of the molecule is CC(C)(C)c1cc(C#N)c2c(c1)c1cc(C(C)(C)C)cc(C#N)c1n2B1c2ccccc2N2c3ccccc3C(C)(C)c3cccc1c32. The zero-order chi connectivity index (χ0) is 33.9. The van der Waals surface area contributed by atoms with E-state index in [4.69, 9.17) is 0 Å². The monoisotopic (exact) mass is 622 g/mol. The third-order valence-corrected chi connectivity index (χ3v) is 10.8. The first-order valence-electron chi connectivity index (χ1n) is 16.9. The molecule has 0 saturated heterocycles. The van der Waals surface area contributed by atoms with Gasteiger partial charge in [0, 0.05) is 27.6 Å². The molecule has 5 heteroatoms. The molecule has 0 aliphatic carbocycles. The van der Waals surface area contributed by atoms with Gasteiger partial charge in [0.2, 0.25) is 0 Å². The van der Waals surface area contributed by atoms with E-state index in [-0.39, 0.29) is 23.1 Å². The second-order valence-electron chi connectivity index (χ2n) is 16.1. The van der Waals surface area contributed by atoms with Crippen LogP contribution in [0.4, 0.5) is 17.1 Å². The largest absolute Gasteiger partial charge is 0.374 e. The summed E-state index contributed by atoms with van der Waals surface area (Å²) in [6.45, 7) is 17.5. The van der Waals surface area contributed by atoms with Crippen molar-refractivity contribution in [2.24, 2.45) is 0 Å². The van der Waals surface area contributed by atoms with Crippen LogP contribution in [0, 0.1) is 22.7 Å². The maximum Gasteiger partial charge on any atom is 0.332 e. The third kappa shape index (κ3) is 4.01. The zero-order valence-electron chi connectivity index (χ0n) is 29.0. The summed E-state index contributed by atoms with van der Waals surface area (Å²) in [5.74, 6) is 0. The average molecular weight is 623 g/mol. The highest BCUT2D eigenvalue weighted by atomic mass is 15.2. The van der Waals surface area contributed by atoms with Gasteiger partial charge >= 0.3 is 6.85 Å². The van der Waals surface area contributed by atoms with Crippen LogP contribution in [0.15, 0.2) is 91.0 Å². The van der Waals surface area contributed by atoms with E-state index < -0.39 is 0 Å². The lowest BCUT2D eigenvalue weighted by molar-refractivity contribution is 0.590. The van der Waals surface area contributed by atoms with Gasteiger partial charge < -0.3 is 9.38 Å². The molecule has 0 saturated carbocycles. The molecule has 4 nitrogen and oxygen atoms in total. The second-order valence-corrected chi connectivity index (χ2v) is 16.1. The Hall–Kier alpha value is -5.26. The number of nitrogens with zero attached hydrogens (tertiary/aromatic N) is 4. The molecular formula is C43H39BN4. The van der Waals surface area contributed by atoms with Crippen molar-refractivity contribution < 1.29 is 0 Å². The molecule has 0 fully saturated rings. The molecule has 234 valence electrons. The normalized spacial score (nSPS) is 14.7. The van der Waals surface area contributed by atoms with Gasteiger partial charge in [-0.1, -0.05) is 110 Å². The number of nitriles is 2. The first-order chi connectivity index (χ1) is 22.8. The maximum absolute atomic E-state index is 10.8. The Morgan fingerprint density at radius 1 is 0.604 bits per heavy atom. The number of hydrogen-bond acceptors (Lipinski definition) is 3. The Bertz CT molecular complexity index is 2350. The van der Waals surface area contributed by atoms with Crippen LogP contribution in [-0.2, 0) is 16.2 Å². The molecule has 5 aromatic carbocycles. The van der Waals surface area contributed by atoms with Gasteiger partial charge in [0.1, 0.15) is 12.1 Å². The molecule has 2 aliphatic rings. The van der Waals surface area contributed by atoms with Crippen molar-refractivity contribution in [2.45, 2.75) is 71.6 Å². The Labute approximate surface area is 284 Å². The molecule has 0 bridgehead atoms. The number of para-hydroxylation sites is 3. The smallest absolute Gasteiger partial charge is 0.332 e. The Kier molecular flexibility index (Phi) is 6.20. The van der Waals surface area contributed by atoms with Crippen LogP contribution in [0.2, 0.25) is 0 Å². The predicted molar refractivity (Wildman–Crippen MR) is 200 cm³/mol. The average Bonchev–Trinajstić information content (AvgIpc) is 3.39. The van der Waals surface area contributed by atoms with Crippen LogP contribution >= 0.6 is 0 Å². The summed E-state index contributed by atoms with van der Waals surface area (Å²) in [4.78, 5) is 2.44. The molecule has 0 atom stereocenters. The fourth-order valence-corrected chi connectivity index (χ4v) is 8.22. The Balaban J connectivity index is 1.58. The Morgan fingerprint density at radius 3 is 1.67 bits per heavy atom. The third-order valence-electron chi connectivity index (χ3n) is 10.8. The van der Waals surface area contributed by atoms with Crippen molar-refractivity contribution in [3.8, 4) is 12.1 Å². The lowest BCUT2D eigenvalue weighted by Crippen LogP contribution is -2.56. The molecule has 3 heterocycles. The van der Waals surface area contributed by atoms with Crippen LogP contribution < -0.4 is 15.8 Å². The summed E-state index contributed by atoms with van der Waals surface area (Å²) in [7, 11) is 0. The van der Waals surface area contributed by atoms with E-state index in [1.165, 1.54) is 28.0 Å². The summed E-state index contributed by atoms with van der Waals surface area (Å²) in [6, 6.07) is 38.0. The number of anilines is 3. The first-order valence-corrected chi connectivity index (χ1v) is 16.9. The van der Waals surface area contributed by atoms with Crippen LogP contribution in [-0.4, -0.2) is 11.3 Å².